The molecule has 1 N–H and O–H groups in total. The van der Waals surface area contributed by atoms with Crippen LogP contribution in [0.2, 0.25) is 10.0 Å². The number of piperazine rings is 1. The van der Waals surface area contributed by atoms with Gasteiger partial charge in [-0.3, -0.25) is 4.90 Å². The van der Waals surface area contributed by atoms with E-state index in [0.29, 0.717) is 0 Å². The third-order valence-corrected chi connectivity index (χ3v) is 7.00. The molecule has 3 nitrogen and oxygen atoms in total. The zero-order valence-electron chi connectivity index (χ0n) is 16.2. The van der Waals surface area contributed by atoms with E-state index in [2.05, 4.69) is 15.9 Å². The maximum Gasteiger partial charge on any atom is 0.0936 e. The van der Waals surface area contributed by atoms with Gasteiger partial charge in [0.2, 0.25) is 0 Å². The highest BCUT2D eigenvalue weighted by molar-refractivity contribution is 6.33. The van der Waals surface area contributed by atoms with E-state index in [1.54, 1.807) is 0 Å². The quantitative estimate of drug-likeness (QED) is 0.739. The van der Waals surface area contributed by atoms with Crippen molar-refractivity contribution < 1.29 is 5.11 Å². The number of aliphatic hydroxyl groups is 1. The third kappa shape index (κ3) is 4.18. The molecule has 28 heavy (non-hydrogen) atoms. The fourth-order valence-corrected chi connectivity index (χ4v) is 5.16. The van der Waals surface area contributed by atoms with Crippen molar-refractivity contribution in [2.45, 2.75) is 31.3 Å². The molecule has 0 amide bonds. The van der Waals surface area contributed by atoms with Crippen LogP contribution in [0.25, 0.3) is 0 Å². The summed E-state index contributed by atoms with van der Waals surface area (Å²) in [5.74, 6) is 0.259. The number of benzene rings is 2. The molecule has 1 saturated carbocycles. The molecule has 2 aromatic rings. The first-order valence-corrected chi connectivity index (χ1v) is 11.0. The van der Waals surface area contributed by atoms with Gasteiger partial charge in [0, 0.05) is 43.7 Å². The van der Waals surface area contributed by atoms with E-state index in [1.165, 1.54) is 6.42 Å². The molecule has 2 aromatic carbocycles. The number of anilines is 1. The molecule has 2 fully saturated rings. The van der Waals surface area contributed by atoms with Gasteiger partial charge in [0.05, 0.1) is 16.3 Å². The normalized spacial score (nSPS) is 26.4. The molecule has 0 spiro atoms. The van der Waals surface area contributed by atoms with Gasteiger partial charge in [-0.15, -0.1) is 0 Å². The molecule has 2 atom stereocenters. The SMILES string of the molecule is OC1(c2ccc(Cl)cc2)CCCCC1CN1CCN(c2ccccc2Cl)CC1. The Morgan fingerprint density at radius 3 is 2.36 bits per heavy atom. The minimum atomic E-state index is -0.747. The second-order valence-electron chi connectivity index (χ2n) is 8.11. The molecule has 0 aromatic heterocycles. The van der Waals surface area contributed by atoms with Crippen molar-refractivity contribution in [1.82, 2.24) is 4.90 Å². The van der Waals surface area contributed by atoms with Crippen LogP contribution >= 0.6 is 23.2 Å². The summed E-state index contributed by atoms with van der Waals surface area (Å²) in [4.78, 5) is 4.87. The Hall–Kier alpha value is -1.26. The predicted octanol–water partition coefficient (Wildman–Crippen LogP) is 5.19. The van der Waals surface area contributed by atoms with Crippen LogP contribution in [0.1, 0.15) is 31.2 Å². The molecular formula is C23H28Cl2N2O. The van der Waals surface area contributed by atoms with Gasteiger partial charge >= 0.3 is 0 Å². The second kappa shape index (κ2) is 8.62. The highest BCUT2D eigenvalue weighted by atomic mass is 35.5. The first-order chi connectivity index (χ1) is 13.6. The van der Waals surface area contributed by atoms with Crippen LogP contribution in [0.3, 0.4) is 0 Å². The number of halogens is 2. The van der Waals surface area contributed by atoms with Crippen molar-refractivity contribution in [3.05, 3.63) is 64.1 Å². The first-order valence-electron chi connectivity index (χ1n) is 10.3. The van der Waals surface area contributed by atoms with Gasteiger partial charge in [0.25, 0.3) is 0 Å². The number of para-hydroxylation sites is 1. The minimum Gasteiger partial charge on any atom is -0.385 e. The highest BCUT2D eigenvalue weighted by Crippen LogP contribution is 2.42. The van der Waals surface area contributed by atoms with Crippen molar-refractivity contribution >= 4 is 28.9 Å². The molecule has 0 radical (unpaired) electrons. The van der Waals surface area contributed by atoms with E-state index in [-0.39, 0.29) is 5.92 Å². The van der Waals surface area contributed by atoms with Crippen LogP contribution < -0.4 is 4.90 Å². The summed E-state index contributed by atoms with van der Waals surface area (Å²) in [6.07, 6.45) is 4.18. The number of nitrogens with zero attached hydrogens (tertiary/aromatic N) is 2. The van der Waals surface area contributed by atoms with E-state index in [9.17, 15) is 5.11 Å². The molecule has 1 aliphatic carbocycles. The van der Waals surface area contributed by atoms with Gasteiger partial charge in [-0.25, -0.2) is 0 Å². The Kier molecular flexibility index (Phi) is 6.17. The lowest BCUT2D eigenvalue weighted by atomic mass is 9.71. The van der Waals surface area contributed by atoms with Gasteiger partial charge in [0.1, 0.15) is 0 Å². The molecule has 1 heterocycles. The Labute approximate surface area is 177 Å². The molecule has 1 aliphatic heterocycles. The second-order valence-corrected chi connectivity index (χ2v) is 8.96. The monoisotopic (exact) mass is 418 g/mol. The Bertz CT molecular complexity index is 789. The van der Waals surface area contributed by atoms with Gasteiger partial charge in [0.15, 0.2) is 0 Å². The molecular weight excluding hydrogens is 391 g/mol. The smallest absolute Gasteiger partial charge is 0.0936 e. The summed E-state index contributed by atoms with van der Waals surface area (Å²) in [6.45, 7) is 4.87. The van der Waals surface area contributed by atoms with Gasteiger partial charge in [-0.05, 0) is 42.7 Å². The zero-order chi connectivity index (χ0) is 19.6. The van der Waals surface area contributed by atoms with Crippen molar-refractivity contribution in [1.29, 1.82) is 0 Å². The summed E-state index contributed by atoms with van der Waals surface area (Å²) >= 11 is 12.4. The van der Waals surface area contributed by atoms with Crippen LogP contribution in [0.15, 0.2) is 48.5 Å². The molecule has 2 aliphatic rings. The van der Waals surface area contributed by atoms with E-state index >= 15 is 0 Å². The van der Waals surface area contributed by atoms with Crippen molar-refractivity contribution in [2.75, 3.05) is 37.6 Å². The number of hydrogen-bond donors (Lipinski definition) is 1. The topological polar surface area (TPSA) is 26.7 Å². The maximum absolute atomic E-state index is 11.6. The lowest BCUT2D eigenvalue weighted by Crippen LogP contribution is -2.51. The average molecular weight is 419 g/mol. The minimum absolute atomic E-state index is 0.259. The first kappa shape index (κ1) is 20.0. The summed E-state index contributed by atoms with van der Waals surface area (Å²) in [5.41, 5.74) is 1.39. The van der Waals surface area contributed by atoms with Crippen LogP contribution in [0, 0.1) is 5.92 Å². The fraction of sp³-hybridized carbons (Fsp3) is 0.478. The average Bonchev–Trinajstić information content (AvgIpc) is 2.71. The van der Waals surface area contributed by atoms with Crippen molar-refractivity contribution in [3.8, 4) is 0 Å². The molecule has 5 heteroatoms. The van der Waals surface area contributed by atoms with Crippen molar-refractivity contribution in [2.24, 2.45) is 5.92 Å². The molecule has 0 bridgehead atoms. The Morgan fingerprint density at radius 2 is 1.64 bits per heavy atom. The lowest BCUT2D eigenvalue weighted by Gasteiger charge is -2.44. The Balaban J connectivity index is 1.42. The van der Waals surface area contributed by atoms with E-state index in [0.717, 1.165) is 73.3 Å². The fourth-order valence-electron chi connectivity index (χ4n) is 4.78. The maximum atomic E-state index is 11.6. The molecule has 150 valence electrons. The van der Waals surface area contributed by atoms with Crippen molar-refractivity contribution in [3.63, 3.8) is 0 Å². The summed E-state index contributed by atoms with van der Waals surface area (Å²) in [6, 6.07) is 15.8. The lowest BCUT2D eigenvalue weighted by molar-refractivity contribution is -0.0660. The molecule has 1 saturated heterocycles. The molecule has 4 rings (SSSR count). The number of rotatable bonds is 4. The van der Waals surface area contributed by atoms with Crippen LogP contribution in [0.4, 0.5) is 5.69 Å². The van der Waals surface area contributed by atoms with Crippen LogP contribution in [-0.2, 0) is 5.60 Å². The summed E-state index contributed by atoms with van der Waals surface area (Å²) in [5, 5.41) is 13.1. The van der Waals surface area contributed by atoms with E-state index in [4.69, 9.17) is 23.2 Å². The third-order valence-electron chi connectivity index (χ3n) is 6.42. The predicted molar refractivity (Wildman–Crippen MR) is 117 cm³/mol. The summed E-state index contributed by atoms with van der Waals surface area (Å²) < 4.78 is 0. The molecule has 2 unspecified atom stereocenters. The summed E-state index contributed by atoms with van der Waals surface area (Å²) in [7, 11) is 0. The Morgan fingerprint density at radius 1 is 0.929 bits per heavy atom. The number of hydrogen-bond acceptors (Lipinski definition) is 3. The van der Waals surface area contributed by atoms with Gasteiger partial charge in [-0.2, -0.15) is 0 Å². The zero-order valence-corrected chi connectivity index (χ0v) is 17.7. The van der Waals surface area contributed by atoms with E-state index < -0.39 is 5.60 Å². The van der Waals surface area contributed by atoms with Gasteiger partial charge in [-0.1, -0.05) is 60.3 Å². The highest BCUT2D eigenvalue weighted by Gasteiger charge is 2.41. The van der Waals surface area contributed by atoms with Gasteiger partial charge < -0.3 is 10.0 Å². The largest absolute Gasteiger partial charge is 0.385 e. The standard InChI is InChI=1S/C23H28Cl2N2O/c24-20-10-8-18(9-11-20)23(28)12-4-3-5-19(23)17-26-13-15-27(16-14-26)22-7-2-1-6-21(22)25/h1-2,6-11,19,28H,3-5,12-17H2. The van der Waals surface area contributed by atoms with E-state index in [1.807, 2.05) is 42.5 Å². The van der Waals surface area contributed by atoms with Crippen LogP contribution in [0.5, 0.6) is 0 Å². The van der Waals surface area contributed by atoms with Crippen LogP contribution in [-0.4, -0.2) is 42.7 Å².